The zero-order valence-electron chi connectivity index (χ0n) is 13.6. The van der Waals surface area contributed by atoms with Crippen LogP contribution < -0.4 is 5.32 Å². The second kappa shape index (κ2) is 6.38. The lowest BCUT2D eigenvalue weighted by Gasteiger charge is -2.28. The number of thiazole rings is 1. The van der Waals surface area contributed by atoms with E-state index in [1.807, 2.05) is 0 Å². The Labute approximate surface area is 150 Å². The van der Waals surface area contributed by atoms with Gasteiger partial charge in [0.2, 0.25) is 0 Å². The molecule has 9 heteroatoms. The predicted octanol–water partition coefficient (Wildman–Crippen LogP) is 1.85. The maximum atomic E-state index is 12.7. The highest BCUT2D eigenvalue weighted by molar-refractivity contribution is 7.90. The predicted molar refractivity (Wildman–Crippen MR) is 97.2 cm³/mol. The molecule has 1 amide bonds. The molecule has 1 aliphatic carbocycles. The molecular formula is C16H18N4O3S2. The van der Waals surface area contributed by atoms with Crippen LogP contribution in [0.4, 0.5) is 5.13 Å². The first-order valence-corrected chi connectivity index (χ1v) is 10.7. The van der Waals surface area contributed by atoms with E-state index in [-0.39, 0.29) is 23.1 Å². The third-order valence-electron chi connectivity index (χ3n) is 4.42. The third kappa shape index (κ3) is 3.38. The van der Waals surface area contributed by atoms with Crippen LogP contribution in [0.15, 0.2) is 28.3 Å². The Kier molecular flexibility index (Phi) is 4.20. The van der Waals surface area contributed by atoms with E-state index in [1.54, 1.807) is 23.3 Å². The molecular weight excluding hydrogens is 360 g/mol. The number of amides is 1. The summed E-state index contributed by atoms with van der Waals surface area (Å²) in [4.78, 5) is 20.1. The van der Waals surface area contributed by atoms with E-state index in [0.717, 1.165) is 31.4 Å². The van der Waals surface area contributed by atoms with Crippen molar-refractivity contribution in [1.82, 2.24) is 9.88 Å². The molecule has 0 saturated carbocycles. The molecule has 1 N–H and O–H groups in total. The Morgan fingerprint density at radius 2 is 2.08 bits per heavy atom. The summed E-state index contributed by atoms with van der Waals surface area (Å²) in [6, 6.07) is 0. The zero-order valence-corrected chi connectivity index (χ0v) is 15.2. The Balaban J connectivity index is 1.58. The topological polar surface area (TPSA) is 91.7 Å². The van der Waals surface area contributed by atoms with Gasteiger partial charge in [-0.25, -0.2) is 13.4 Å². The molecule has 7 nitrogen and oxygen atoms in total. The molecule has 132 valence electrons. The van der Waals surface area contributed by atoms with Crippen LogP contribution in [-0.2, 0) is 27.7 Å². The number of carbonyl (C=O) groups is 1. The molecule has 2 aliphatic heterocycles. The van der Waals surface area contributed by atoms with Gasteiger partial charge in [-0.15, -0.1) is 15.7 Å². The average Bonchev–Trinajstić information content (AvgIpc) is 2.81. The van der Waals surface area contributed by atoms with Crippen LogP contribution in [-0.4, -0.2) is 42.3 Å². The third-order valence-corrected chi connectivity index (χ3v) is 6.64. The molecule has 0 radical (unpaired) electrons. The molecule has 0 saturated heterocycles. The molecule has 0 bridgehead atoms. The number of anilines is 1. The fourth-order valence-corrected chi connectivity index (χ4v) is 5.17. The number of hydrogen-bond acceptors (Lipinski definition) is 6. The monoisotopic (exact) mass is 378 g/mol. The molecule has 4 rings (SSSR count). The van der Waals surface area contributed by atoms with Gasteiger partial charge in [-0.3, -0.25) is 10.1 Å². The minimum absolute atomic E-state index is 0.0467. The number of allylic oxidation sites excluding steroid dienone is 2. The van der Waals surface area contributed by atoms with Gasteiger partial charge in [-0.2, -0.15) is 0 Å². The summed E-state index contributed by atoms with van der Waals surface area (Å²) in [6.07, 6.45) is 10.5. The summed E-state index contributed by atoms with van der Waals surface area (Å²) in [5, 5.41) is 3.38. The Morgan fingerprint density at radius 3 is 2.96 bits per heavy atom. The maximum absolute atomic E-state index is 12.7. The van der Waals surface area contributed by atoms with Crippen LogP contribution >= 0.6 is 11.3 Å². The summed E-state index contributed by atoms with van der Waals surface area (Å²) < 4.78 is 27.4. The van der Waals surface area contributed by atoms with E-state index in [9.17, 15) is 13.2 Å². The lowest BCUT2D eigenvalue weighted by atomic mass is 10.1. The first kappa shape index (κ1) is 16.5. The van der Waals surface area contributed by atoms with Gasteiger partial charge in [0.1, 0.15) is 0 Å². The van der Waals surface area contributed by atoms with Gasteiger partial charge in [-0.1, -0.05) is 6.42 Å². The van der Waals surface area contributed by atoms with Gasteiger partial charge in [0.05, 0.1) is 17.0 Å². The number of aromatic nitrogens is 1. The number of sulfonamides is 1. The first-order valence-electron chi connectivity index (χ1n) is 8.30. The van der Waals surface area contributed by atoms with E-state index in [2.05, 4.69) is 14.7 Å². The van der Waals surface area contributed by atoms with Crippen molar-refractivity contribution >= 4 is 38.2 Å². The smallest absolute Gasteiger partial charge is 0.261 e. The van der Waals surface area contributed by atoms with Crippen LogP contribution in [0.1, 0.15) is 29.8 Å². The van der Waals surface area contributed by atoms with Crippen molar-refractivity contribution in [2.24, 2.45) is 4.40 Å². The minimum Gasteiger partial charge on any atom is -0.331 e. The van der Waals surface area contributed by atoms with Gasteiger partial charge in [-0.05, 0) is 37.8 Å². The SMILES string of the molecule is O=C(Nc1nc2c(s1)CCCCC2)C1=CC=CN2CCS(=O)(=O)N=C12. The van der Waals surface area contributed by atoms with Crippen molar-refractivity contribution < 1.29 is 13.2 Å². The lowest BCUT2D eigenvalue weighted by molar-refractivity contribution is -0.112. The van der Waals surface area contributed by atoms with Crippen molar-refractivity contribution in [3.05, 3.63) is 34.5 Å². The van der Waals surface area contributed by atoms with Crippen LogP contribution in [0, 0.1) is 0 Å². The first-order chi connectivity index (χ1) is 12.0. The normalized spacial score (nSPS) is 21.5. The Bertz CT molecular complexity index is 888. The minimum atomic E-state index is -3.52. The van der Waals surface area contributed by atoms with Gasteiger partial charge < -0.3 is 4.90 Å². The number of nitrogens with one attached hydrogen (secondary N) is 1. The lowest BCUT2D eigenvalue weighted by Crippen LogP contribution is -2.40. The largest absolute Gasteiger partial charge is 0.331 e. The van der Waals surface area contributed by atoms with Gasteiger partial charge in [0, 0.05) is 17.6 Å². The Morgan fingerprint density at radius 1 is 1.24 bits per heavy atom. The van der Waals surface area contributed by atoms with E-state index in [0.29, 0.717) is 11.7 Å². The zero-order chi connectivity index (χ0) is 17.4. The van der Waals surface area contributed by atoms with Crippen LogP contribution in [0.2, 0.25) is 0 Å². The number of rotatable bonds is 2. The standard InChI is InChI=1S/C16H18N4O3S2/c21-15(18-16-17-12-6-2-1-3-7-13(12)24-16)11-5-4-8-20-9-10-25(22,23)19-14(11)20/h4-5,8H,1-3,6-7,9-10H2,(H,17,18,21). The number of nitrogens with zero attached hydrogens (tertiary/aromatic N) is 3. The van der Waals surface area contributed by atoms with Gasteiger partial charge in [0.15, 0.2) is 11.0 Å². The Hall–Kier alpha value is -2.00. The van der Waals surface area contributed by atoms with Crippen molar-refractivity contribution in [2.45, 2.75) is 32.1 Å². The molecule has 1 aromatic rings. The van der Waals surface area contributed by atoms with Crippen LogP contribution in [0.25, 0.3) is 0 Å². The molecule has 0 atom stereocenters. The summed E-state index contributed by atoms with van der Waals surface area (Å²) in [5.41, 5.74) is 1.32. The molecule has 0 unspecified atom stereocenters. The summed E-state index contributed by atoms with van der Waals surface area (Å²) in [6.45, 7) is 0.299. The number of carbonyl (C=O) groups excluding carboxylic acids is 1. The van der Waals surface area contributed by atoms with Crippen molar-refractivity contribution in [3.63, 3.8) is 0 Å². The van der Waals surface area contributed by atoms with Crippen molar-refractivity contribution in [1.29, 1.82) is 0 Å². The molecule has 3 heterocycles. The fraction of sp³-hybridized carbons (Fsp3) is 0.438. The molecule has 25 heavy (non-hydrogen) atoms. The molecule has 0 aromatic carbocycles. The van der Waals surface area contributed by atoms with Crippen LogP contribution in [0.3, 0.4) is 0 Å². The second-order valence-electron chi connectivity index (χ2n) is 6.22. The number of fused-ring (bicyclic) bond motifs is 2. The molecule has 0 fully saturated rings. The highest BCUT2D eigenvalue weighted by Gasteiger charge is 2.30. The van der Waals surface area contributed by atoms with E-state index < -0.39 is 10.0 Å². The molecule has 1 aromatic heterocycles. The maximum Gasteiger partial charge on any atom is 0.261 e. The van der Waals surface area contributed by atoms with Crippen LogP contribution in [0.5, 0.6) is 0 Å². The summed E-state index contributed by atoms with van der Waals surface area (Å²) >= 11 is 1.51. The van der Waals surface area contributed by atoms with Crippen molar-refractivity contribution in [2.75, 3.05) is 17.6 Å². The average molecular weight is 378 g/mol. The quantitative estimate of drug-likeness (QED) is 0.793. The van der Waals surface area contributed by atoms with E-state index in [1.165, 1.54) is 22.6 Å². The second-order valence-corrected chi connectivity index (χ2v) is 9.06. The highest BCUT2D eigenvalue weighted by atomic mass is 32.2. The fourth-order valence-electron chi connectivity index (χ4n) is 3.14. The number of hydrogen-bond donors (Lipinski definition) is 1. The summed E-state index contributed by atoms with van der Waals surface area (Å²) in [7, 11) is -3.52. The highest BCUT2D eigenvalue weighted by Crippen LogP contribution is 2.29. The van der Waals surface area contributed by atoms with Crippen molar-refractivity contribution in [3.8, 4) is 0 Å². The van der Waals surface area contributed by atoms with E-state index in [4.69, 9.17) is 0 Å². The van der Waals surface area contributed by atoms with Gasteiger partial charge in [0.25, 0.3) is 15.9 Å². The van der Waals surface area contributed by atoms with E-state index >= 15 is 0 Å². The molecule has 3 aliphatic rings. The number of amidine groups is 1. The summed E-state index contributed by atoms with van der Waals surface area (Å²) in [5.74, 6) is -0.243. The van der Waals surface area contributed by atoms with Gasteiger partial charge >= 0.3 is 0 Å². The number of aryl methyl sites for hydroxylation is 2. The molecule has 0 spiro atoms.